The number of nitrogens with one attached hydrogen (secondary N) is 1. The highest BCUT2D eigenvalue weighted by molar-refractivity contribution is 8.18. The molecule has 6 nitrogen and oxygen atoms in total. The molecule has 2 saturated heterocycles. The van der Waals surface area contributed by atoms with Crippen molar-refractivity contribution in [1.82, 2.24) is 15.2 Å². The Bertz CT molecular complexity index is 1270. The van der Waals surface area contributed by atoms with E-state index in [9.17, 15) is 9.59 Å². The minimum atomic E-state index is -0.407. The molecule has 1 N–H and O–H groups in total. The van der Waals surface area contributed by atoms with E-state index in [1.807, 2.05) is 36.4 Å². The van der Waals surface area contributed by atoms with Crippen LogP contribution >= 0.6 is 11.8 Å². The summed E-state index contributed by atoms with van der Waals surface area (Å²) in [6, 6.07) is 13.0. The molecule has 0 unspecified atom stereocenters. The number of benzene rings is 2. The van der Waals surface area contributed by atoms with Crippen LogP contribution in [0.5, 0.6) is 0 Å². The van der Waals surface area contributed by atoms with Gasteiger partial charge in [-0.05, 0) is 65.8 Å². The van der Waals surface area contributed by atoms with Crippen LogP contribution in [-0.4, -0.2) is 54.3 Å². The first-order valence-corrected chi connectivity index (χ1v) is 11.2. The number of carbonyl (C=O) groups is 2. The van der Waals surface area contributed by atoms with Gasteiger partial charge >= 0.3 is 0 Å². The molecule has 5 rings (SSSR count). The molecule has 0 spiro atoms. The summed E-state index contributed by atoms with van der Waals surface area (Å²) in [5.41, 5.74) is 3.72. The average molecular weight is 449 g/mol. The number of hydrogen-bond acceptors (Lipinski definition) is 6. The van der Waals surface area contributed by atoms with Gasteiger partial charge in [0, 0.05) is 37.8 Å². The summed E-state index contributed by atoms with van der Waals surface area (Å²) >= 11 is 0.868. The highest BCUT2D eigenvalue weighted by atomic mass is 32.2. The van der Waals surface area contributed by atoms with E-state index in [0.29, 0.717) is 16.2 Å². The first kappa shape index (κ1) is 20.7. The second kappa shape index (κ2) is 8.37. The van der Waals surface area contributed by atoms with Crippen molar-refractivity contribution in [3.8, 4) is 11.1 Å². The van der Waals surface area contributed by atoms with Gasteiger partial charge in [0.05, 0.1) is 16.1 Å². The third-order valence-corrected chi connectivity index (χ3v) is 6.60. The second-order valence-electron chi connectivity index (χ2n) is 7.95. The Kier molecular flexibility index (Phi) is 5.40. The molecular formula is C24H21FN4O2S. The standard InChI is InChI=1S/C24H21FN4O2S/c1-28-7-9-29(10-8-28)21-6-5-16(13-19(21)25)17-3-2-4-20-18(17)11-15(14-26-20)12-22-23(30)27-24(31)32-22/h2-6,11-14H,7-10H2,1H3,(H,27,30,31). The molecule has 2 amide bonds. The van der Waals surface area contributed by atoms with Crippen LogP contribution in [0.4, 0.5) is 14.9 Å². The van der Waals surface area contributed by atoms with Gasteiger partial charge in [0.25, 0.3) is 11.1 Å². The molecule has 0 aliphatic carbocycles. The molecule has 2 aliphatic rings. The summed E-state index contributed by atoms with van der Waals surface area (Å²) in [7, 11) is 2.07. The monoisotopic (exact) mass is 448 g/mol. The zero-order chi connectivity index (χ0) is 22.2. The molecule has 0 atom stereocenters. The van der Waals surface area contributed by atoms with Crippen LogP contribution in [0.3, 0.4) is 0 Å². The molecule has 32 heavy (non-hydrogen) atoms. The molecule has 3 aromatic rings. The number of anilines is 1. The summed E-state index contributed by atoms with van der Waals surface area (Å²) < 4.78 is 15.1. The third-order valence-electron chi connectivity index (χ3n) is 5.79. The fraction of sp³-hybridized carbons (Fsp3) is 0.208. The van der Waals surface area contributed by atoms with E-state index >= 15 is 4.39 Å². The normalized spacial score (nSPS) is 18.6. The summed E-state index contributed by atoms with van der Waals surface area (Å²) in [6.45, 7) is 3.43. The highest BCUT2D eigenvalue weighted by Gasteiger charge is 2.25. The van der Waals surface area contributed by atoms with Crippen molar-refractivity contribution < 1.29 is 14.0 Å². The molecule has 162 valence electrons. The van der Waals surface area contributed by atoms with Crippen LogP contribution in [0, 0.1) is 5.82 Å². The first-order chi connectivity index (χ1) is 15.5. The number of pyridine rings is 1. The lowest BCUT2D eigenvalue weighted by molar-refractivity contribution is -0.115. The van der Waals surface area contributed by atoms with Crippen molar-refractivity contribution in [2.45, 2.75) is 0 Å². The lowest BCUT2D eigenvalue weighted by Gasteiger charge is -2.34. The van der Waals surface area contributed by atoms with Crippen LogP contribution in [0.1, 0.15) is 5.56 Å². The van der Waals surface area contributed by atoms with E-state index in [0.717, 1.165) is 60.0 Å². The topological polar surface area (TPSA) is 65.5 Å². The zero-order valence-electron chi connectivity index (χ0n) is 17.5. The number of amides is 2. The number of hydrogen-bond donors (Lipinski definition) is 1. The zero-order valence-corrected chi connectivity index (χ0v) is 18.3. The van der Waals surface area contributed by atoms with Crippen LogP contribution in [-0.2, 0) is 4.79 Å². The van der Waals surface area contributed by atoms with Crippen molar-refractivity contribution >= 4 is 45.6 Å². The lowest BCUT2D eigenvalue weighted by atomic mass is 9.99. The summed E-state index contributed by atoms with van der Waals surface area (Å²) in [5.74, 6) is -0.650. The number of carbonyl (C=O) groups excluding carboxylic acids is 2. The maximum absolute atomic E-state index is 15.1. The molecule has 0 saturated carbocycles. The number of fused-ring (bicyclic) bond motifs is 1. The Morgan fingerprint density at radius 1 is 1.09 bits per heavy atom. The quantitative estimate of drug-likeness (QED) is 0.608. The Morgan fingerprint density at radius 3 is 2.62 bits per heavy atom. The minimum absolute atomic E-state index is 0.243. The minimum Gasteiger partial charge on any atom is -0.367 e. The SMILES string of the molecule is CN1CCN(c2ccc(-c3cccc4ncc(C=C5SC(=O)NC5=O)cc34)cc2F)CC1. The van der Waals surface area contributed by atoms with Crippen molar-refractivity contribution in [2.75, 3.05) is 38.1 Å². The van der Waals surface area contributed by atoms with E-state index in [-0.39, 0.29) is 11.1 Å². The molecule has 0 bridgehead atoms. The predicted octanol–water partition coefficient (Wildman–Crippen LogP) is 4.12. The van der Waals surface area contributed by atoms with Crippen LogP contribution in [0.15, 0.2) is 53.6 Å². The summed E-state index contributed by atoms with van der Waals surface area (Å²) in [4.78, 5) is 32.4. The van der Waals surface area contributed by atoms with Crippen molar-refractivity contribution in [3.05, 3.63) is 64.9 Å². The molecule has 1 aromatic heterocycles. The third kappa shape index (κ3) is 3.99. The van der Waals surface area contributed by atoms with Crippen LogP contribution in [0.2, 0.25) is 0 Å². The Morgan fingerprint density at radius 2 is 1.91 bits per heavy atom. The number of nitrogens with zero attached hydrogens (tertiary/aromatic N) is 3. The summed E-state index contributed by atoms with van der Waals surface area (Å²) in [5, 5.41) is 2.72. The second-order valence-corrected chi connectivity index (χ2v) is 8.96. The van der Waals surface area contributed by atoms with E-state index in [1.54, 1.807) is 18.3 Å². The maximum Gasteiger partial charge on any atom is 0.290 e. The number of thioether (sulfide) groups is 1. The summed E-state index contributed by atoms with van der Waals surface area (Å²) in [6.07, 6.45) is 3.30. The van der Waals surface area contributed by atoms with E-state index in [1.165, 1.54) is 0 Å². The van der Waals surface area contributed by atoms with Gasteiger partial charge in [-0.2, -0.15) is 0 Å². The largest absolute Gasteiger partial charge is 0.367 e. The van der Waals surface area contributed by atoms with Crippen LogP contribution < -0.4 is 10.2 Å². The van der Waals surface area contributed by atoms with Gasteiger partial charge < -0.3 is 9.80 Å². The first-order valence-electron chi connectivity index (χ1n) is 10.3. The lowest BCUT2D eigenvalue weighted by Crippen LogP contribution is -2.44. The molecule has 2 fully saturated rings. The Labute approximate surface area is 189 Å². The molecule has 0 radical (unpaired) electrons. The van der Waals surface area contributed by atoms with Gasteiger partial charge in [-0.25, -0.2) is 4.39 Å². The molecular weight excluding hydrogens is 427 g/mol. The van der Waals surface area contributed by atoms with Gasteiger partial charge in [0.1, 0.15) is 5.82 Å². The van der Waals surface area contributed by atoms with Gasteiger partial charge in [-0.3, -0.25) is 19.9 Å². The average Bonchev–Trinajstić information content (AvgIpc) is 3.10. The van der Waals surface area contributed by atoms with Crippen molar-refractivity contribution in [1.29, 1.82) is 0 Å². The van der Waals surface area contributed by atoms with Gasteiger partial charge in [-0.15, -0.1) is 0 Å². The maximum atomic E-state index is 15.1. The van der Waals surface area contributed by atoms with Crippen LogP contribution in [0.25, 0.3) is 28.1 Å². The number of imide groups is 1. The molecule has 3 heterocycles. The predicted molar refractivity (Wildman–Crippen MR) is 126 cm³/mol. The molecule has 2 aromatic carbocycles. The smallest absolute Gasteiger partial charge is 0.290 e. The Hall–Kier alpha value is -3.23. The number of halogens is 1. The van der Waals surface area contributed by atoms with E-state index in [4.69, 9.17) is 0 Å². The fourth-order valence-corrected chi connectivity index (χ4v) is 4.73. The molecule has 2 aliphatic heterocycles. The van der Waals surface area contributed by atoms with Crippen molar-refractivity contribution in [2.24, 2.45) is 0 Å². The number of piperazine rings is 1. The number of aromatic nitrogens is 1. The molecule has 8 heteroatoms. The fourth-order valence-electron chi connectivity index (χ4n) is 4.05. The van der Waals surface area contributed by atoms with E-state index in [2.05, 4.69) is 27.1 Å². The van der Waals surface area contributed by atoms with Gasteiger partial charge in [0.2, 0.25) is 0 Å². The number of likely N-dealkylation sites (N-methyl/N-ethyl adjacent to an activating group) is 1. The number of rotatable bonds is 3. The highest BCUT2D eigenvalue weighted by Crippen LogP contribution is 2.33. The van der Waals surface area contributed by atoms with Gasteiger partial charge in [-0.1, -0.05) is 18.2 Å². The van der Waals surface area contributed by atoms with E-state index < -0.39 is 5.91 Å². The Balaban J connectivity index is 1.51. The van der Waals surface area contributed by atoms with Crippen molar-refractivity contribution in [3.63, 3.8) is 0 Å². The van der Waals surface area contributed by atoms with Gasteiger partial charge in [0.15, 0.2) is 0 Å².